The van der Waals surface area contributed by atoms with Crippen LogP contribution in [0.3, 0.4) is 0 Å². The van der Waals surface area contributed by atoms with Crippen molar-refractivity contribution in [2.45, 2.75) is 89.9 Å². The van der Waals surface area contributed by atoms with Crippen LogP contribution < -0.4 is 34.7 Å². The number of allylic oxidation sites excluding steroid dienone is 1. The van der Waals surface area contributed by atoms with Crippen LogP contribution >= 0.6 is 0 Å². The van der Waals surface area contributed by atoms with Crippen LogP contribution in [-0.4, -0.2) is 18.5 Å². The Kier molecular flexibility index (Phi) is 22.4. The van der Waals surface area contributed by atoms with Crippen LogP contribution in [0.5, 0.6) is 0 Å². The quantitative estimate of drug-likeness (QED) is 0.170. The van der Waals surface area contributed by atoms with Gasteiger partial charge in [0.2, 0.25) is 0 Å². The van der Waals surface area contributed by atoms with E-state index in [4.69, 9.17) is 4.74 Å². The third-order valence-corrected chi connectivity index (χ3v) is 3.85. The van der Waals surface area contributed by atoms with E-state index in [1.165, 1.54) is 57.8 Å². The number of hydrogen-bond donors (Lipinski definition) is 0. The number of carbonyl (C=O) groups is 2. The van der Waals surface area contributed by atoms with Crippen molar-refractivity contribution in [3.63, 3.8) is 0 Å². The zero-order chi connectivity index (χ0) is 17.2. The van der Waals surface area contributed by atoms with E-state index in [1.807, 2.05) is 6.08 Å². The summed E-state index contributed by atoms with van der Waals surface area (Å²) in [6, 6.07) is 0. The predicted octanol–water partition coefficient (Wildman–Crippen LogP) is 0.931. The third-order valence-electron chi connectivity index (χ3n) is 3.85. The second kappa shape index (κ2) is 20.7. The van der Waals surface area contributed by atoms with Gasteiger partial charge in [-0.05, 0) is 25.7 Å². The minimum absolute atomic E-state index is 0. The molecular formula is C19H33NaO4. The van der Waals surface area contributed by atoms with Gasteiger partial charge < -0.3 is 14.6 Å². The molecule has 0 spiro atoms. The van der Waals surface area contributed by atoms with E-state index in [0.29, 0.717) is 6.61 Å². The number of hydrogen-bond acceptors (Lipinski definition) is 4. The summed E-state index contributed by atoms with van der Waals surface area (Å²) in [4.78, 5) is 21.3. The van der Waals surface area contributed by atoms with Gasteiger partial charge in [-0.15, -0.1) is 6.58 Å². The second-order valence-electron chi connectivity index (χ2n) is 6.06. The molecule has 0 aliphatic carbocycles. The van der Waals surface area contributed by atoms with Crippen LogP contribution in [0.25, 0.3) is 0 Å². The molecule has 0 aliphatic rings. The molecule has 0 heterocycles. The SMILES string of the molecule is C=CCCCCCCCCCCCCCOC(=O)CCC(=O)[O-].[Na+]. The van der Waals surface area contributed by atoms with Crippen molar-refractivity contribution in [1.29, 1.82) is 0 Å². The number of ether oxygens (including phenoxy) is 1. The van der Waals surface area contributed by atoms with E-state index in [1.54, 1.807) is 0 Å². The molecule has 0 bridgehead atoms. The van der Waals surface area contributed by atoms with Crippen molar-refractivity contribution in [3.05, 3.63) is 12.7 Å². The number of rotatable bonds is 17. The van der Waals surface area contributed by atoms with Gasteiger partial charge in [0, 0.05) is 5.97 Å². The molecule has 0 amide bonds. The maximum Gasteiger partial charge on any atom is 1.00 e. The second-order valence-corrected chi connectivity index (χ2v) is 6.06. The normalized spacial score (nSPS) is 10.0. The first-order valence-electron chi connectivity index (χ1n) is 9.13. The molecule has 0 saturated carbocycles. The maximum atomic E-state index is 11.1. The summed E-state index contributed by atoms with van der Waals surface area (Å²) in [5.41, 5.74) is 0. The number of carbonyl (C=O) groups excluding carboxylic acids is 2. The van der Waals surface area contributed by atoms with Crippen LogP contribution in [0.1, 0.15) is 89.9 Å². The summed E-state index contributed by atoms with van der Waals surface area (Å²) < 4.78 is 4.96. The van der Waals surface area contributed by atoms with Gasteiger partial charge in [0.25, 0.3) is 0 Å². The average molecular weight is 348 g/mol. The Morgan fingerprint density at radius 3 is 1.71 bits per heavy atom. The molecule has 0 aromatic carbocycles. The van der Waals surface area contributed by atoms with Gasteiger partial charge in [0.1, 0.15) is 0 Å². The Labute approximate surface area is 169 Å². The largest absolute Gasteiger partial charge is 1.00 e. The van der Waals surface area contributed by atoms with Crippen LogP contribution in [0.4, 0.5) is 0 Å². The van der Waals surface area contributed by atoms with Crippen LogP contribution in [0.2, 0.25) is 0 Å². The van der Waals surface area contributed by atoms with Gasteiger partial charge in [-0.2, -0.15) is 0 Å². The first-order chi connectivity index (χ1) is 11.2. The monoisotopic (exact) mass is 348 g/mol. The molecule has 0 atom stereocenters. The number of esters is 1. The first kappa shape index (κ1) is 25.9. The molecule has 0 N–H and O–H groups in total. The maximum absolute atomic E-state index is 11.1. The van der Waals surface area contributed by atoms with Crippen molar-refractivity contribution in [3.8, 4) is 0 Å². The molecule has 5 heteroatoms. The topological polar surface area (TPSA) is 66.4 Å². The summed E-state index contributed by atoms with van der Waals surface area (Å²) in [5, 5.41) is 10.2. The van der Waals surface area contributed by atoms with Crippen LogP contribution in [0.15, 0.2) is 12.7 Å². The van der Waals surface area contributed by atoms with Crippen LogP contribution in [0, 0.1) is 0 Å². The number of carboxylic acid groups (broad SMARTS) is 1. The third kappa shape index (κ3) is 21.7. The first-order valence-corrected chi connectivity index (χ1v) is 9.13. The summed E-state index contributed by atoms with van der Waals surface area (Å²) in [6.07, 6.45) is 16.4. The zero-order valence-electron chi connectivity index (χ0n) is 15.5. The Hall–Kier alpha value is -0.320. The molecule has 0 fully saturated rings. The fourth-order valence-electron chi connectivity index (χ4n) is 2.44. The van der Waals surface area contributed by atoms with Crippen LogP contribution in [-0.2, 0) is 14.3 Å². The van der Waals surface area contributed by atoms with E-state index < -0.39 is 11.9 Å². The Bertz CT molecular complexity index is 318. The molecule has 4 nitrogen and oxygen atoms in total. The fraction of sp³-hybridized carbons (Fsp3) is 0.789. The average Bonchev–Trinajstić information content (AvgIpc) is 2.53. The van der Waals surface area contributed by atoms with Crippen molar-refractivity contribution in [1.82, 2.24) is 0 Å². The zero-order valence-corrected chi connectivity index (χ0v) is 17.5. The summed E-state index contributed by atoms with van der Waals surface area (Å²) in [6.45, 7) is 4.13. The smallest absolute Gasteiger partial charge is 0.550 e. The number of carboxylic acids is 1. The van der Waals surface area contributed by atoms with Gasteiger partial charge in [-0.1, -0.05) is 63.9 Å². The van der Waals surface area contributed by atoms with E-state index in [0.717, 1.165) is 19.3 Å². The van der Waals surface area contributed by atoms with E-state index in [2.05, 4.69) is 6.58 Å². The molecule has 0 rings (SSSR count). The molecule has 0 aromatic rings. The van der Waals surface area contributed by atoms with Gasteiger partial charge in [0.05, 0.1) is 13.0 Å². The van der Waals surface area contributed by atoms with Gasteiger partial charge in [0.15, 0.2) is 0 Å². The van der Waals surface area contributed by atoms with E-state index in [9.17, 15) is 14.7 Å². The minimum atomic E-state index is -1.21. The molecule has 0 saturated heterocycles. The summed E-state index contributed by atoms with van der Waals surface area (Å²) in [7, 11) is 0. The standard InChI is InChI=1S/C19H34O4.Na/c1-2-3-4-5-6-7-8-9-10-11-12-13-14-17-23-19(22)16-15-18(20)21;/h2H,1,3-17H2,(H,20,21);/q;+1/p-1. The fourth-order valence-corrected chi connectivity index (χ4v) is 2.44. The Balaban J connectivity index is 0. The molecule has 0 aliphatic heterocycles. The minimum Gasteiger partial charge on any atom is -0.550 e. The molecule has 0 unspecified atom stereocenters. The molecular weight excluding hydrogens is 315 g/mol. The van der Waals surface area contributed by atoms with Crippen molar-refractivity contribution >= 4 is 11.9 Å². The molecule has 24 heavy (non-hydrogen) atoms. The van der Waals surface area contributed by atoms with E-state index >= 15 is 0 Å². The number of unbranched alkanes of at least 4 members (excludes halogenated alkanes) is 11. The number of aliphatic carboxylic acids is 1. The Morgan fingerprint density at radius 2 is 1.25 bits per heavy atom. The van der Waals surface area contributed by atoms with Gasteiger partial charge in [-0.3, -0.25) is 4.79 Å². The Morgan fingerprint density at radius 1 is 0.792 bits per heavy atom. The van der Waals surface area contributed by atoms with Crippen molar-refractivity contribution in [2.75, 3.05) is 6.61 Å². The van der Waals surface area contributed by atoms with Gasteiger partial charge >= 0.3 is 35.5 Å². The van der Waals surface area contributed by atoms with Crippen molar-refractivity contribution < 1.29 is 49.0 Å². The molecule has 134 valence electrons. The summed E-state index contributed by atoms with van der Waals surface area (Å²) in [5.74, 6) is -1.65. The summed E-state index contributed by atoms with van der Waals surface area (Å²) >= 11 is 0. The van der Waals surface area contributed by atoms with E-state index in [-0.39, 0.29) is 42.4 Å². The molecule has 0 radical (unpaired) electrons. The molecule has 0 aromatic heterocycles. The predicted molar refractivity (Wildman–Crippen MR) is 90.8 cm³/mol. The van der Waals surface area contributed by atoms with Crippen molar-refractivity contribution in [2.24, 2.45) is 0 Å². The van der Waals surface area contributed by atoms with Gasteiger partial charge in [-0.25, -0.2) is 0 Å².